The highest BCUT2D eigenvalue weighted by Gasteiger charge is 2.26. The maximum absolute atomic E-state index is 13.7. The molecule has 1 aliphatic heterocycles. The lowest BCUT2D eigenvalue weighted by molar-refractivity contribution is -0.128. The molecule has 2 aromatic carbocycles. The SMILES string of the molecule is CCc1nc2c(C)cc(C)nc2n1Cc1ccc(-c2ccccc2S(=O)(=O)Nc2noc(C)c2C)c(CN2CCCC2=O)c1. The number of nitrogens with zero attached hydrogens (tertiary/aromatic N) is 5. The maximum Gasteiger partial charge on any atom is 0.263 e. The lowest BCUT2D eigenvalue weighted by Gasteiger charge is -2.21. The fraction of sp³-hybridized carbons (Fsp3) is 0.333. The average molecular weight is 613 g/mol. The number of carbonyl (C=O) groups is 1. The van der Waals surface area contributed by atoms with E-state index in [2.05, 4.69) is 34.4 Å². The third kappa shape index (κ3) is 5.47. The minimum Gasteiger partial charge on any atom is -0.359 e. The van der Waals surface area contributed by atoms with E-state index in [1.54, 1.807) is 32.0 Å². The van der Waals surface area contributed by atoms with Crippen LogP contribution >= 0.6 is 0 Å². The number of fused-ring (bicyclic) bond motifs is 1. The molecule has 0 atom stereocenters. The second kappa shape index (κ2) is 11.5. The van der Waals surface area contributed by atoms with Gasteiger partial charge in [-0.05, 0) is 68.5 Å². The Bertz CT molecular complexity index is 2010. The van der Waals surface area contributed by atoms with Gasteiger partial charge < -0.3 is 14.0 Å². The number of hydrogen-bond acceptors (Lipinski definition) is 7. The number of aryl methyl sites for hydroxylation is 4. The number of amides is 1. The Labute approximate surface area is 257 Å². The van der Waals surface area contributed by atoms with Gasteiger partial charge in [0.15, 0.2) is 11.5 Å². The normalized spacial score (nSPS) is 13.8. The lowest BCUT2D eigenvalue weighted by Crippen LogP contribution is -2.24. The van der Waals surface area contributed by atoms with E-state index in [0.717, 1.165) is 57.8 Å². The van der Waals surface area contributed by atoms with Crippen molar-refractivity contribution < 1.29 is 17.7 Å². The number of aromatic nitrogens is 4. The van der Waals surface area contributed by atoms with Gasteiger partial charge in [-0.25, -0.2) is 18.4 Å². The van der Waals surface area contributed by atoms with Crippen molar-refractivity contribution in [2.45, 2.75) is 71.9 Å². The molecular formula is C33H36N6O4S. The molecule has 1 amide bonds. The van der Waals surface area contributed by atoms with Crippen LogP contribution in [0.5, 0.6) is 0 Å². The van der Waals surface area contributed by atoms with Crippen LogP contribution in [0, 0.1) is 27.7 Å². The molecule has 0 aliphatic carbocycles. The van der Waals surface area contributed by atoms with Crippen LogP contribution in [0.3, 0.4) is 0 Å². The molecule has 0 saturated carbocycles. The van der Waals surface area contributed by atoms with Crippen molar-refractivity contribution in [3.05, 3.63) is 88.1 Å². The van der Waals surface area contributed by atoms with E-state index in [1.165, 1.54) is 0 Å². The second-order valence-electron chi connectivity index (χ2n) is 11.4. The third-order valence-electron chi connectivity index (χ3n) is 8.32. The molecule has 5 aromatic rings. The molecule has 1 fully saturated rings. The van der Waals surface area contributed by atoms with Crippen LogP contribution in [0.15, 0.2) is 57.9 Å². The van der Waals surface area contributed by atoms with Crippen LogP contribution in [-0.2, 0) is 34.3 Å². The summed E-state index contributed by atoms with van der Waals surface area (Å²) in [6, 6.07) is 15.0. The molecule has 1 saturated heterocycles. The van der Waals surface area contributed by atoms with Crippen LogP contribution in [-0.4, -0.2) is 45.5 Å². The highest BCUT2D eigenvalue weighted by Crippen LogP contribution is 2.34. The van der Waals surface area contributed by atoms with E-state index in [4.69, 9.17) is 14.5 Å². The predicted octanol–water partition coefficient (Wildman–Crippen LogP) is 5.85. The van der Waals surface area contributed by atoms with Gasteiger partial charge in [0.2, 0.25) is 5.91 Å². The predicted molar refractivity (Wildman–Crippen MR) is 169 cm³/mol. The van der Waals surface area contributed by atoms with Crippen LogP contribution in [0.1, 0.15) is 59.3 Å². The van der Waals surface area contributed by atoms with Crippen LogP contribution < -0.4 is 4.72 Å². The van der Waals surface area contributed by atoms with Crippen LogP contribution in [0.25, 0.3) is 22.3 Å². The summed E-state index contributed by atoms with van der Waals surface area (Å²) >= 11 is 0. The van der Waals surface area contributed by atoms with E-state index in [-0.39, 0.29) is 16.6 Å². The van der Waals surface area contributed by atoms with Gasteiger partial charge in [0.05, 0.1) is 11.4 Å². The number of rotatable bonds is 9. The lowest BCUT2D eigenvalue weighted by atomic mass is 9.96. The molecule has 6 rings (SSSR count). The molecule has 0 unspecified atom stereocenters. The first-order valence-corrected chi connectivity index (χ1v) is 16.3. The molecular weight excluding hydrogens is 576 g/mol. The minimum absolute atomic E-state index is 0.102. The Kier molecular flexibility index (Phi) is 7.75. The Morgan fingerprint density at radius 2 is 1.77 bits per heavy atom. The Balaban J connectivity index is 1.44. The first-order chi connectivity index (χ1) is 21.1. The molecule has 3 aromatic heterocycles. The number of likely N-dealkylation sites (tertiary alicyclic amines) is 1. The molecule has 11 heteroatoms. The fourth-order valence-corrected chi connectivity index (χ4v) is 7.18. The van der Waals surface area contributed by atoms with E-state index in [9.17, 15) is 13.2 Å². The quantitative estimate of drug-likeness (QED) is 0.221. The van der Waals surface area contributed by atoms with Gasteiger partial charge in [0, 0.05) is 42.8 Å². The van der Waals surface area contributed by atoms with Crippen LogP contribution in [0.2, 0.25) is 0 Å². The Hall–Kier alpha value is -4.51. The van der Waals surface area contributed by atoms with Crippen molar-refractivity contribution >= 4 is 32.9 Å². The third-order valence-corrected chi connectivity index (χ3v) is 9.71. The summed E-state index contributed by atoms with van der Waals surface area (Å²) in [7, 11) is -4.02. The summed E-state index contributed by atoms with van der Waals surface area (Å²) < 4.78 is 37.4. The molecule has 1 N–H and O–H groups in total. The Morgan fingerprint density at radius 3 is 2.48 bits per heavy atom. The topological polar surface area (TPSA) is 123 Å². The smallest absolute Gasteiger partial charge is 0.263 e. The summed E-state index contributed by atoms with van der Waals surface area (Å²) in [6.07, 6.45) is 2.08. The number of sulfonamides is 1. The zero-order chi connectivity index (χ0) is 31.2. The number of carbonyl (C=O) groups excluding carboxylic acids is 1. The molecule has 0 bridgehead atoms. The molecule has 44 heavy (non-hydrogen) atoms. The number of imidazole rings is 1. The van der Waals surface area contributed by atoms with Gasteiger partial charge in [-0.15, -0.1) is 0 Å². The largest absolute Gasteiger partial charge is 0.359 e. The van der Waals surface area contributed by atoms with E-state index in [0.29, 0.717) is 42.9 Å². The van der Waals surface area contributed by atoms with Gasteiger partial charge in [0.1, 0.15) is 17.1 Å². The zero-order valence-electron chi connectivity index (χ0n) is 25.6. The fourth-order valence-electron chi connectivity index (χ4n) is 5.90. The van der Waals surface area contributed by atoms with E-state index in [1.807, 2.05) is 36.1 Å². The zero-order valence-corrected chi connectivity index (χ0v) is 26.5. The van der Waals surface area contributed by atoms with Gasteiger partial charge in [-0.3, -0.25) is 9.52 Å². The van der Waals surface area contributed by atoms with Crippen LogP contribution in [0.4, 0.5) is 5.82 Å². The van der Waals surface area contributed by atoms with Crippen molar-refractivity contribution in [1.82, 2.24) is 24.6 Å². The number of hydrogen-bond donors (Lipinski definition) is 1. The van der Waals surface area contributed by atoms with Gasteiger partial charge >= 0.3 is 0 Å². The molecule has 0 spiro atoms. The summed E-state index contributed by atoms with van der Waals surface area (Å²) in [6.45, 7) is 11.2. The van der Waals surface area contributed by atoms with E-state index < -0.39 is 10.0 Å². The molecule has 228 valence electrons. The van der Waals surface area contributed by atoms with Crippen molar-refractivity contribution in [3.8, 4) is 11.1 Å². The van der Waals surface area contributed by atoms with Crippen molar-refractivity contribution in [3.63, 3.8) is 0 Å². The first-order valence-electron chi connectivity index (χ1n) is 14.8. The monoisotopic (exact) mass is 612 g/mol. The van der Waals surface area contributed by atoms with Crippen molar-refractivity contribution in [1.29, 1.82) is 0 Å². The van der Waals surface area contributed by atoms with Gasteiger partial charge in [0.25, 0.3) is 10.0 Å². The number of benzene rings is 2. The number of pyridine rings is 1. The minimum atomic E-state index is -4.02. The van der Waals surface area contributed by atoms with Gasteiger partial charge in [-0.2, -0.15) is 0 Å². The van der Waals surface area contributed by atoms with Crippen molar-refractivity contribution in [2.24, 2.45) is 0 Å². The highest BCUT2D eigenvalue weighted by molar-refractivity contribution is 7.92. The average Bonchev–Trinajstić information content (AvgIpc) is 3.66. The summed E-state index contributed by atoms with van der Waals surface area (Å²) in [5, 5.41) is 3.89. The highest BCUT2D eigenvalue weighted by atomic mass is 32.2. The van der Waals surface area contributed by atoms with Gasteiger partial charge in [-0.1, -0.05) is 48.5 Å². The summed E-state index contributed by atoms with van der Waals surface area (Å²) in [4.78, 5) is 24.4. The molecule has 1 aliphatic rings. The van der Waals surface area contributed by atoms with Crippen molar-refractivity contribution in [2.75, 3.05) is 11.3 Å². The molecule has 0 radical (unpaired) electrons. The summed E-state index contributed by atoms with van der Waals surface area (Å²) in [5.41, 5.74) is 7.57. The molecule has 10 nitrogen and oxygen atoms in total. The standard InChI is InChI=1S/C33H36N6O4S/c1-6-29-35-31-20(2)16-21(3)34-33(31)39(29)18-24-13-14-26(25(17-24)19-38-15-9-12-30(38)40)27-10-7-8-11-28(27)44(41,42)37-32-22(4)23(5)43-36-32/h7-8,10-11,13-14,16-17H,6,9,12,15,18-19H2,1-5H3,(H,36,37). The molecule has 4 heterocycles. The number of anilines is 1. The number of nitrogens with one attached hydrogen (secondary N) is 1. The maximum atomic E-state index is 13.7. The summed E-state index contributed by atoms with van der Waals surface area (Å²) in [5.74, 6) is 1.75. The second-order valence-corrected chi connectivity index (χ2v) is 13.1. The first kappa shape index (κ1) is 29.6. The van der Waals surface area contributed by atoms with E-state index >= 15 is 0 Å². The Morgan fingerprint density at radius 1 is 0.977 bits per heavy atom.